The number of esters is 1. The summed E-state index contributed by atoms with van der Waals surface area (Å²) in [6.45, 7) is 0.777. The Balaban J connectivity index is 2.11. The van der Waals surface area contributed by atoms with E-state index < -0.39 is 36.3 Å². The van der Waals surface area contributed by atoms with E-state index in [1.165, 1.54) is 6.92 Å². The predicted molar refractivity (Wildman–Crippen MR) is 70.9 cm³/mol. The molecule has 7 heteroatoms. The van der Waals surface area contributed by atoms with Crippen molar-refractivity contribution in [1.29, 1.82) is 0 Å². The first kappa shape index (κ1) is 14.7. The van der Waals surface area contributed by atoms with E-state index in [1.54, 1.807) is 24.3 Å². The van der Waals surface area contributed by atoms with Gasteiger partial charge in [0.05, 0.1) is 6.42 Å². The summed E-state index contributed by atoms with van der Waals surface area (Å²) < 4.78 is 4.74. The molecule has 3 amide bonds. The molecule has 0 fully saturated rings. The van der Waals surface area contributed by atoms with Crippen molar-refractivity contribution < 1.29 is 23.9 Å². The number of hydrogen-bond acceptors (Lipinski definition) is 5. The molecule has 110 valence electrons. The molecule has 21 heavy (non-hydrogen) atoms. The van der Waals surface area contributed by atoms with Gasteiger partial charge in [-0.2, -0.15) is 0 Å². The monoisotopic (exact) mass is 290 g/mol. The van der Waals surface area contributed by atoms with Gasteiger partial charge in [0.2, 0.25) is 5.91 Å². The molecule has 0 aromatic heterocycles. The first-order valence-corrected chi connectivity index (χ1v) is 6.31. The van der Waals surface area contributed by atoms with Gasteiger partial charge in [-0.15, -0.1) is 0 Å². The summed E-state index contributed by atoms with van der Waals surface area (Å²) in [6, 6.07) is 6.69. The number of amides is 3. The number of benzene rings is 1. The minimum Gasteiger partial charge on any atom is -0.451 e. The fourth-order valence-corrected chi connectivity index (χ4v) is 1.98. The zero-order chi connectivity index (χ0) is 15.6. The Morgan fingerprint density at radius 1 is 1.33 bits per heavy atom. The van der Waals surface area contributed by atoms with Gasteiger partial charge in [0.15, 0.2) is 6.10 Å². The Kier molecular flexibility index (Phi) is 4.02. The molecule has 0 radical (unpaired) electrons. The summed E-state index contributed by atoms with van der Waals surface area (Å²) in [7, 11) is 0. The van der Waals surface area contributed by atoms with Gasteiger partial charge in [-0.3, -0.25) is 24.1 Å². The maximum absolute atomic E-state index is 12.2. The second-order valence-corrected chi connectivity index (χ2v) is 4.65. The Morgan fingerprint density at radius 2 is 2.00 bits per heavy atom. The molecule has 0 aliphatic carbocycles. The summed E-state index contributed by atoms with van der Waals surface area (Å²) in [5.74, 6) is -2.69. The quantitative estimate of drug-likeness (QED) is 0.601. The van der Waals surface area contributed by atoms with E-state index in [2.05, 4.69) is 0 Å². The highest BCUT2D eigenvalue weighted by Crippen LogP contribution is 2.19. The molecule has 7 nitrogen and oxygen atoms in total. The van der Waals surface area contributed by atoms with Gasteiger partial charge in [0, 0.05) is 5.56 Å². The third kappa shape index (κ3) is 3.07. The highest BCUT2D eigenvalue weighted by atomic mass is 16.5. The number of ether oxygens (including phenoxy) is 1. The van der Waals surface area contributed by atoms with Crippen molar-refractivity contribution >= 4 is 23.7 Å². The number of hydrogen-bond donors (Lipinski definition) is 1. The fraction of sp³-hybridized carbons (Fsp3) is 0.286. The summed E-state index contributed by atoms with van der Waals surface area (Å²) in [4.78, 5) is 47.4. The lowest BCUT2D eigenvalue weighted by molar-refractivity contribution is -0.156. The summed E-state index contributed by atoms with van der Waals surface area (Å²) in [6.07, 6.45) is -1.07. The molecule has 0 bridgehead atoms. The van der Waals surface area contributed by atoms with E-state index in [-0.39, 0.29) is 6.42 Å². The molecule has 1 aliphatic rings. The third-order valence-electron chi connectivity index (χ3n) is 3.13. The van der Waals surface area contributed by atoms with Crippen LogP contribution in [0.2, 0.25) is 0 Å². The van der Waals surface area contributed by atoms with E-state index in [1.807, 2.05) is 0 Å². The molecule has 1 heterocycles. The largest absolute Gasteiger partial charge is 0.451 e. The molecule has 1 aromatic carbocycles. The van der Waals surface area contributed by atoms with Crippen LogP contribution in [0.1, 0.15) is 22.8 Å². The lowest BCUT2D eigenvalue weighted by Gasteiger charge is -2.26. The lowest BCUT2D eigenvalue weighted by Crippen LogP contribution is -2.46. The van der Waals surface area contributed by atoms with E-state index in [0.717, 1.165) is 4.90 Å². The first-order chi connectivity index (χ1) is 9.90. The highest BCUT2D eigenvalue weighted by molar-refractivity contribution is 6.11. The number of carbonyl (C=O) groups excluding carboxylic acids is 4. The molecule has 1 atom stereocenters. The minimum absolute atomic E-state index is 0.0422. The molecule has 0 spiro atoms. The van der Waals surface area contributed by atoms with Crippen LogP contribution in [0.4, 0.5) is 0 Å². The van der Waals surface area contributed by atoms with Gasteiger partial charge in [0.1, 0.15) is 6.54 Å². The molecule has 0 unspecified atom stereocenters. The number of carbonyl (C=O) groups is 4. The topological polar surface area (TPSA) is 107 Å². The van der Waals surface area contributed by atoms with Crippen LogP contribution in [-0.2, 0) is 25.5 Å². The summed E-state index contributed by atoms with van der Waals surface area (Å²) in [5, 5.41) is 0. The van der Waals surface area contributed by atoms with Crippen LogP contribution in [0.5, 0.6) is 0 Å². The molecule has 1 aromatic rings. The Morgan fingerprint density at radius 3 is 2.67 bits per heavy atom. The second kappa shape index (κ2) is 5.74. The minimum atomic E-state index is -1.11. The maximum atomic E-state index is 12.2. The number of rotatable bonds is 4. The van der Waals surface area contributed by atoms with Crippen LogP contribution in [0.15, 0.2) is 24.3 Å². The van der Waals surface area contributed by atoms with Crippen molar-refractivity contribution in [2.75, 3.05) is 6.54 Å². The Labute approximate surface area is 120 Å². The van der Waals surface area contributed by atoms with Crippen molar-refractivity contribution in [3.8, 4) is 0 Å². The summed E-state index contributed by atoms with van der Waals surface area (Å²) in [5.41, 5.74) is 5.98. The Hall–Kier alpha value is -2.70. The van der Waals surface area contributed by atoms with Crippen molar-refractivity contribution in [1.82, 2.24) is 4.90 Å². The molecule has 2 N–H and O–H groups in total. The molecular weight excluding hydrogens is 276 g/mol. The molecule has 0 saturated heterocycles. The zero-order valence-electron chi connectivity index (χ0n) is 11.4. The van der Waals surface area contributed by atoms with E-state index in [9.17, 15) is 19.2 Å². The lowest BCUT2D eigenvalue weighted by atomic mass is 9.98. The fourth-order valence-electron chi connectivity index (χ4n) is 1.98. The van der Waals surface area contributed by atoms with Crippen molar-refractivity contribution in [2.24, 2.45) is 5.73 Å². The number of primary amides is 1. The average molecular weight is 290 g/mol. The average Bonchev–Trinajstić information content (AvgIpc) is 2.43. The summed E-state index contributed by atoms with van der Waals surface area (Å²) >= 11 is 0. The zero-order valence-corrected chi connectivity index (χ0v) is 11.4. The van der Waals surface area contributed by atoms with Crippen LogP contribution < -0.4 is 5.73 Å². The van der Waals surface area contributed by atoms with Crippen LogP contribution in [0.25, 0.3) is 0 Å². The van der Waals surface area contributed by atoms with E-state index in [4.69, 9.17) is 10.5 Å². The van der Waals surface area contributed by atoms with Gasteiger partial charge in [0.25, 0.3) is 11.8 Å². The van der Waals surface area contributed by atoms with Crippen molar-refractivity contribution in [2.45, 2.75) is 19.4 Å². The molecule has 0 saturated carbocycles. The first-order valence-electron chi connectivity index (χ1n) is 6.31. The smallest absolute Gasteiger partial charge is 0.326 e. The van der Waals surface area contributed by atoms with Crippen LogP contribution in [0.3, 0.4) is 0 Å². The van der Waals surface area contributed by atoms with Crippen LogP contribution >= 0.6 is 0 Å². The van der Waals surface area contributed by atoms with Crippen molar-refractivity contribution in [3.05, 3.63) is 35.4 Å². The van der Waals surface area contributed by atoms with Gasteiger partial charge < -0.3 is 10.5 Å². The van der Waals surface area contributed by atoms with Gasteiger partial charge in [-0.1, -0.05) is 18.2 Å². The number of imide groups is 1. The third-order valence-corrected chi connectivity index (χ3v) is 3.13. The highest BCUT2D eigenvalue weighted by Gasteiger charge is 2.32. The molecule has 2 rings (SSSR count). The maximum Gasteiger partial charge on any atom is 0.326 e. The van der Waals surface area contributed by atoms with Crippen LogP contribution in [0, 0.1) is 0 Å². The predicted octanol–water partition coefficient (Wildman–Crippen LogP) is -0.372. The normalized spacial score (nSPS) is 15.4. The standard InChI is InChI=1S/C14H14N2O5/c1-8(13(15)19)21-12(18)7-16-11(17)6-9-4-2-3-5-10(9)14(16)20/h2-5,8H,6-7H2,1H3,(H2,15,19)/t8-/m1/s1. The number of nitrogens with zero attached hydrogens (tertiary/aromatic N) is 1. The SMILES string of the molecule is C[C@@H](OC(=O)CN1C(=O)Cc2ccccc2C1=O)C(N)=O. The van der Waals surface area contributed by atoms with E-state index >= 15 is 0 Å². The molecular formula is C14H14N2O5. The van der Waals surface area contributed by atoms with Gasteiger partial charge in [-0.25, -0.2) is 0 Å². The number of fused-ring (bicyclic) bond motifs is 1. The second-order valence-electron chi connectivity index (χ2n) is 4.65. The van der Waals surface area contributed by atoms with Gasteiger partial charge in [-0.05, 0) is 18.6 Å². The number of nitrogens with two attached hydrogens (primary N) is 1. The van der Waals surface area contributed by atoms with Crippen molar-refractivity contribution in [3.63, 3.8) is 0 Å². The molecule has 1 aliphatic heterocycles. The van der Waals surface area contributed by atoms with Crippen LogP contribution in [-0.4, -0.2) is 41.2 Å². The van der Waals surface area contributed by atoms with Gasteiger partial charge >= 0.3 is 5.97 Å². The Bertz CT molecular complexity index is 626. The van der Waals surface area contributed by atoms with E-state index in [0.29, 0.717) is 11.1 Å².